The predicted molar refractivity (Wildman–Crippen MR) is 355 cm³/mol. The molecule has 0 aliphatic carbocycles. The lowest BCUT2D eigenvalue weighted by Gasteiger charge is -2.36. The van der Waals surface area contributed by atoms with Gasteiger partial charge in [-0.05, 0) is 106 Å². The first kappa shape index (κ1) is 77.6. The Morgan fingerprint density at radius 1 is 0.609 bits per heavy atom. The molecule has 0 radical (unpaired) electrons. The molecule has 21 heteroatoms. The summed E-state index contributed by atoms with van der Waals surface area (Å²) in [6, 6.07) is 13.3. The van der Waals surface area contributed by atoms with E-state index in [0.717, 1.165) is 22.4 Å². The minimum absolute atomic E-state index is 0.0389. The van der Waals surface area contributed by atoms with Crippen molar-refractivity contribution in [1.82, 2.24) is 45.3 Å². The summed E-state index contributed by atoms with van der Waals surface area (Å²) in [7, 11) is 7.73. The van der Waals surface area contributed by atoms with Crippen molar-refractivity contribution in [1.29, 1.82) is 0 Å². The highest BCUT2D eigenvalue weighted by Gasteiger charge is 2.42. The molecule has 4 rings (SSSR count). The van der Waals surface area contributed by atoms with Gasteiger partial charge in [-0.2, -0.15) is 0 Å². The number of likely N-dealkylation sites (N-methyl/N-ethyl adjacent to an activating group) is 5. The lowest BCUT2D eigenvalue weighted by atomic mass is 9.90. The highest BCUT2D eigenvalue weighted by molar-refractivity contribution is 6.08. The summed E-state index contributed by atoms with van der Waals surface area (Å²) >= 11 is 0. The Hall–Kier alpha value is -6.87. The van der Waals surface area contributed by atoms with E-state index < -0.39 is 102 Å². The summed E-state index contributed by atoms with van der Waals surface area (Å²) in [5.74, 6) is -9.47. The van der Waals surface area contributed by atoms with E-state index in [2.05, 4.69) is 16.0 Å². The molecule has 512 valence electrons. The molecule has 2 heterocycles. The fraction of sp³-hybridized carbons (Fsp3) is 0.676. The molecule has 2 aliphatic rings. The van der Waals surface area contributed by atoms with E-state index in [0.29, 0.717) is 51.6 Å². The number of aliphatic hydroxyl groups excluding tert-OH is 1. The molecule has 0 bridgehead atoms. The zero-order valence-corrected chi connectivity index (χ0v) is 57.9. The van der Waals surface area contributed by atoms with Crippen LogP contribution in [-0.2, 0) is 65.6 Å². The van der Waals surface area contributed by atoms with Crippen LogP contribution in [0.4, 0.5) is 0 Å². The molecule has 0 aromatic heterocycles. The first-order valence-electron chi connectivity index (χ1n) is 33.6. The van der Waals surface area contributed by atoms with Crippen molar-refractivity contribution in [3.8, 4) is 0 Å². The molecule has 92 heavy (non-hydrogen) atoms. The van der Waals surface area contributed by atoms with E-state index in [1.807, 2.05) is 102 Å². The Morgan fingerprint density at radius 2 is 1.17 bits per heavy atom. The molecule has 0 spiro atoms. The van der Waals surface area contributed by atoms with E-state index in [1.165, 1.54) is 35.7 Å². The number of benzene rings is 2. The molecule has 4 N–H and O–H groups in total. The first-order chi connectivity index (χ1) is 43.4. The van der Waals surface area contributed by atoms with Crippen molar-refractivity contribution in [2.75, 3.05) is 74.5 Å². The molecule has 2 aromatic carbocycles. The van der Waals surface area contributed by atoms with Gasteiger partial charge in [0, 0.05) is 92.0 Å². The largest absolute Gasteiger partial charge is 0.393 e. The van der Waals surface area contributed by atoms with Crippen LogP contribution in [0.15, 0.2) is 60.7 Å². The molecule has 0 saturated carbocycles. The van der Waals surface area contributed by atoms with Gasteiger partial charge in [-0.1, -0.05) is 129 Å². The maximum atomic E-state index is 15.0. The van der Waals surface area contributed by atoms with E-state index in [9.17, 15) is 57.8 Å². The zero-order chi connectivity index (χ0) is 68.7. The number of carbonyl (C=O) groups excluding carboxylic acids is 11. The smallest absolute Gasteiger partial charge is 0.255 e. The van der Waals surface area contributed by atoms with Crippen LogP contribution in [-0.4, -0.2) is 210 Å². The second-order valence-corrected chi connectivity index (χ2v) is 27.6. The number of aliphatic hydroxyl groups is 1. The van der Waals surface area contributed by atoms with Crippen LogP contribution in [0, 0.1) is 47.3 Å². The number of amides is 8. The topological polar surface area (TPSA) is 264 Å². The van der Waals surface area contributed by atoms with E-state index in [-0.39, 0.29) is 111 Å². The highest BCUT2D eigenvalue weighted by atomic mass is 16.3. The van der Waals surface area contributed by atoms with Crippen molar-refractivity contribution in [3.05, 3.63) is 71.8 Å². The number of Topliss-reactive ketones (excluding diaryl/α,β-unsaturated/α-hetero) is 3. The highest BCUT2D eigenvalue weighted by Crippen LogP contribution is 2.26. The molecule has 2 aromatic rings. The van der Waals surface area contributed by atoms with E-state index in [1.54, 1.807) is 51.7 Å². The van der Waals surface area contributed by atoms with Crippen LogP contribution < -0.4 is 16.0 Å². The lowest BCUT2D eigenvalue weighted by Crippen LogP contribution is -2.61. The maximum Gasteiger partial charge on any atom is 0.255 e. The number of ketones is 3. The van der Waals surface area contributed by atoms with Crippen molar-refractivity contribution >= 4 is 64.6 Å². The Balaban J connectivity index is 1.79. The SMILES string of the molecule is CC[C@H](C)[C@H]1C(=O)NC[C@@H](CC(C)C)CC(=O)N(C)[C@@H](Cc2ccccc2)CC(=O)N(C)[C@@H](CC(C)C)C(=O)CC[C@@H]([C@@H](C)O)C(=O)NC[C@@H](Cc2ccccc2)C(=O)N(C)[C@@H](C(C)C)C(=O)N[C@H](C(=O)N2CCCCC2)C(=O)N(C)CC(=O)C[C@@H](C)C(=O)CN1C. The normalized spacial score (nSPS) is 26.1. The first-order valence-corrected chi connectivity index (χ1v) is 33.6. The van der Waals surface area contributed by atoms with E-state index >= 15 is 0 Å². The van der Waals surface area contributed by atoms with Gasteiger partial charge in [0.1, 0.15) is 11.8 Å². The number of hydrogen-bond donors (Lipinski definition) is 4. The standard InChI is InChI=1S/C71H111N9O12/c1-16-48(8)65-67(88)72-41-53(34-45(2)3)39-61(85)77(13)55(38-52-28-22-18-23-29-52)40-62(86)78(14)58(35-46(4)5)59(83)31-30-57(50(10)81)66(87)73-42-54(37-51-26-20-17-21-27-51)69(90)79(15)64(47(6)7)68(89)74-63(71(92)80-32-24-19-25-33-80)70(91)76(12)43-56(82)36-49(9)60(84)44-75(65)11/h17-18,20-23,26-29,45-50,53-55,57-58,63-65,81H,16,19,24-25,30-44H2,1-15H3,(H,72,88)(H,73,87)(H,74,89)/t48-,49+,50+,53-,54+,55-,57-,58-,63-,64-,65-/m0/s1. The molecule has 8 amide bonds. The Kier molecular flexibility index (Phi) is 31.8. The van der Waals surface area contributed by atoms with Crippen molar-refractivity contribution in [2.45, 2.75) is 189 Å². The number of nitrogens with one attached hydrogen (secondary N) is 3. The Morgan fingerprint density at radius 3 is 1.73 bits per heavy atom. The predicted octanol–water partition coefficient (Wildman–Crippen LogP) is 5.77. The second kappa shape index (κ2) is 37.7. The Labute approximate surface area is 548 Å². The van der Waals surface area contributed by atoms with Gasteiger partial charge >= 0.3 is 0 Å². The van der Waals surface area contributed by atoms with Crippen LogP contribution in [0.1, 0.15) is 151 Å². The van der Waals surface area contributed by atoms with Gasteiger partial charge < -0.3 is 45.6 Å². The molecular formula is C71H111N9O12. The average molecular weight is 1280 g/mol. The summed E-state index contributed by atoms with van der Waals surface area (Å²) in [6.07, 6.45) is 2.30. The van der Waals surface area contributed by atoms with Gasteiger partial charge in [0.15, 0.2) is 17.6 Å². The minimum Gasteiger partial charge on any atom is -0.393 e. The number of piperidine rings is 1. The minimum atomic E-state index is -1.78. The summed E-state index contributed by atoms with van der Waals surface area (Å²) < 4.78 is 0. The summed E-state index contributed by atoms with van der Waals surface area (Å²) in [5, 5.41) is 19.9. The van der Waals surface area contributed by atoms with Gasteiger partial charge in [-0.25, -0.2) is 0 Å². The average Bonchev–Trinajstić information content (AvgIpc) is 2.17. The zero-order valence-electron chi connectivity index (χ0n) is 57.9. The maximum absolute atomic E-state index is 15.0. The molecule has 0 unspecified atom stereocenters. The van der Waals surface area contributed by atoms with Gasteiger partial charge in [0.2, 0.25) is 35.4 Å². The number of hydrogen-bond acceptors (Lipinski definition) is 13. The summed E-state index contributed by atoms with van der Waals surface area (Å²) in [6.45, 7) is 18.2. The lowest BCUT2D eigenvalue weighted by molar-refractivity contribution is -0.150. The number of nitrogens with zero attached hydrogens (tertiary/aromatic N) is 6. The summed E-state index contributed by atoms with van der Waals surface area (Å²) in [5.41, 5.74) is 1.64. The monoisotopic (exact) mass is 1280 g/mol. The summed E-state index contributed by atoms with van der Waals surface area (Å²) in [4.78, 5) is 168. The molecular weight excluding hydrogens is 1170 g/mol. The van der Waals surface area contributed by atoms with Crippen LogP contribution in [0.3, 0.4) is 0 Å². The third kappa shape index (κ3) is 23.6. The van der Waals surface area contributed by atoms with Gasteiger partial charge in [0.05, 0.1) is 43.1 Å². The second-order valence-electron chi connectivity index (χ2n) is 27.6. The third-order valence-corrected chi connectivity index (χ3v) is 18.6. The van der Waals surface area contributed by atoms with Crippen molar-refractivity contribution in [2.24, 2.45) is 47.3 Å². The molecule has 2 saturated heterocycles. The van der Waals surface area contributed by atoms with Crippen LogP contribution >= 0.6 is 0 Å². The van der Waals surface area contributed by atoms with Gasteiger partial charge in [-0.15, -0.1) is 0 Å². The fourth-order valence-corrected chi connectivity index (χ4v) is 12.9. The van der Waals surface area contributed by atoms with Crippen LogP contribution in [0.25, 0.3) is 0 Å². The van der Waals surface area contributed by atoms with E-state index in [4.69, 9.17) is 0 Å². The molecule has 11 atom stereocenters. The van der Waals surface area contributed by atoms with Gasteiger partial charge in [0.25, 0.3) is 11.8 Å². The van der Waals surface area contributed by atoms with Crippen molar-refractivity contribution in [3.63, 3.8) is 0 Å². The van der Waals surface area contributed by atoms with Crippen LogP contribution in [0.5, 0.6) is 0 Å². The third-order valence-electron chi connectivity index (χ3n) is 18.6. The van der Waals surface area contributed by atoms with Crippen molar-refractivity contribution < 1.29 is 57.8 Å². The quantitative estimate of drug-likeness (QED) is 0.174. The number of carbonyl (C=O) groups is 11. The molecule has 2 aliphatic heterocycles. The molecule has 21 nitrogen and oxygen atoms in total. The van der Waals surface area contributed by atoms with Gasteiger partial charge in [-0.3, -0.25) is 57.6 Å². The number of likely N-dealkylation sites (tertiary alicyclic amines) is 1. The Bertz CT molecular complexity index is 2770. The fourth-order valence-electron chi connectivity index (χ4n) is 12.9. The molecule has 2 fully saturated rings. The van der Waals surface area contributed by atoms with Crippen LogP contribution in [0.2, 0.25) is 0 Å². The number of rotatable bonds is 13.